The van der Waals surface area contributed by atoms with E-state index in [0.717, 1.165) is 44.9 Å². The fraction of sp³-hybridized carbons (Fsp3) is 0.510. The van der Waals surface area contributed by atoms with Gasteiger partial charge in [0.25, 0.3) is 0 Å². The van der Waals surface area contributed by atoms with Crippen LogP contribution in [0.2, 0.25) is 0 Å². The minimum atomic E-state index is -0.873. The Labute approximate surface area is 347 Å². The molecular formula is C51H76O6. The lowest BCUT2D eigenvalue weighted by Crippen LogP contribution is -2.30. The molecule has 1 unspecified atom stereocenters. The summed E-state index contributed by atoms with van der Waals surface area (Å²) >= 11 is 0. The number of hydrogen-bond acceptors (Lipinski definition) is 6. The standard InChI is InChI=1S/C51H76O6/c1-4-7-10-13-16-19-21-23-24-25-26-28-29-32-35-38-41-44-50(53)56-47-48(46-55-49(52)43-40-37-34-31-18-15-12-9-6-3)57-51(54)45-42-39-36-33-30-27-22-20-17-14-11-8-5-2/h8-9,11-12,14,17-18,20,22-24,26-28,30-33,35-37,40,48H,4-7,10,13,15-16,19,21,25,29,34,38-39,41-47H2,1-3H3/b11-8-,12-9-,17-14-,22-20-,24-23-,28-26-,30-27-,31-18-,35-32-,36-33-,40-37-. The van der Waals surface area contributed by atoms with Gasteiger partial charge in [0.1, 0.15) is 13.2 Å². The summed E-state index contributed by atoms with van der Waals surface area (Å²) in [6.45, 7) is 6.11. The van der Waals surface area contributed by atoms with Crippen LogP contribution in [-0.2, 0) is 28.6 Å². The van der Waals surface area contributed by atoms with Crippen LogP contribution in [0.4, 0.5) is 0 Å². The molecule has 0 radical (unpaired) electrons. The zero-order valence-electron chi connectivity index (χ0n) is 35.8. The summed E-state index contributed by atoms with van der Waals surface area (Å²) in [4.78, 5) is 37.5. The van der Waals surface area contributed by atoms with E-state index in [0.29, 0.717) is 19.3 Å². The van der Waals surface area contributed by atoms with E-state index in [1.807, 2.05) is 60.8 Å². The second-order valence-electron chi connectivity index (χ2n) is 13.6. The Bertz CT molecular complexity index is 1320. The lowest BCUT2D eigenvalue weighted by atomic mass is 10.1. The first-order valence-electron chi connectivity index (χ1n) is 21.8. The van der Waals surface area contributed by atoms with E-state index in [2.05, 4.69) is 87.6 Å². The molecule has 0 aromatic carbocycles. The summed E-state index contributed by atoms with van der Waals surface area (Å²) in [5.74, 6) is -1.24. The highest BCUT2D eigenvalue weighted by Gasteiger charge is 2.19. The molecule has 0 saturated heterocycles. The molecule has 1 atom stereocenters. The van der Waals surface area contributed by atoms with Gasteiger partial charge in [-0.1, -0.05) is 187 Å². The summed E-state index contributed by atoms with van der Waals surface area (Å²) < 4.78 is 16.4. The number of carbonyl (C=O) groups is 3. The van der Waals surface area contributed by atoms with Crippen LogP contribution in [0, 0.1) is 0 Å². The predicted molar refractivity (Wildman–Crippen MR) is 242 cm³/mol. The van der Waals surface area contributed by atoms with E-state index in [9.17, 15) is 14.4 Å². The molecule has 0 aromatic rings. The molecule has 0 amide bonds. The topological polar surface area (TPSA) is 78.9 Å². The Kier molecular flexibility index (Phi) is 40.8. The van der Waals surface area contributed by atoms with Gasteiger partial charge in [-0.2, -0.15) is 0 Å². The summed E-state index contributed by atoms with van der Waals surface area (Å²) in [5.41, 5.74) is 0. The van der Waals surface area contributed by atoms with E-state index in [1.165, 1.54) is 44.9 Å². The first-order chi connectivity index (χ1) is 28.0. The predicted octanol–water partition coefficient (Wildman–Crippen LogP) is 14.0. The highest BCUT2D eigenvalue weighted by atomic mass is 16.6. The number of unbranched alkanes of at least 4 members (excludes halogenated alkanes) is 8. The summed E-state index contributed by atoms with van der Waals surface area (Å²) in [6, 6.07) is 0. The first-order valence-corrected chi connectivity index (χ1v) is 21.8. The average Bonchev–Trinajstić information content (AvgIpc) is 3.21. The van der Waals surface area contributed by atoms with Gasteiger partial charge in [0.15, 0.2) is 6.10 Å². The second-order valence-corrected chi connectivity index (χ2v) is 13.6. The van der Waals surface area contributed by atoms with Crippen LogP contribution in [0.3, 0.4) is 0 Å². The number of ether oxygens (including phenoxy) is 3. The minimum absolute atomic E-state index is 0.104. The Morgan fingerprint density at radius 2 is 0.842 bits per heavy atom. The van der Waals surface area contributed by atoms with Gasteiger partial charge in [-0.05, 0) is 77.0 Å². The van der Waals surface area contributed by atoms with Crippen molar-refractivity contribution < 1.29 is 28.6 Å². The zero-order chi connectivity index (χ0) is 41.5. The van der Waals surface area contributed by atoms with Crippen molar-refractivity contribution in [2.45, 2.75) is 155 Å². The molecule has 0 spiro atoms. The molecule has 6 nitrogen and oxygen atoms in total. The molecule has 0 rings (SSSR count). The molecule has 0 aliphatic carbocycles. The maximum atomic E-state index is 12.6. The average molecular weight is 785 g/mol. The maximum absolute atomic E-state index is 12.6. The number of esters is 3. The van der Waals surface area contributed by atoms with E-state index >= 15 is 0 Å². The van der Waals surface area contributed by atoms with Gasteiger partial charge in [0.05, 0.1) is 6.42 Å². The summed E-state index contributed by atoms with van der Waals surface area (Å²) in [6.07, 6.45) is 62.0. The van der Waals surface area contributed by atoms with E-state index in [-0.39, 0.29) is 38.4 Å². The van der Waals surface area contributed by atoms with Crippen LogP contribution in [0.1, 0.15) is 149 Å². The smallest absolute Gasteiger partial charge is 0.309 e. The van der Waals surface area contributed by atoms with Crippen molar-refractivity contribution in [3.63, 3.8) is 0 Å². The fourth-order valence-corrected chi connectivity index (χ4v) is 5.08. The molecule has 0 fully saturated rings. The van der Waals surface area contributed by atoms with Crippen molar-refractivity contribution in [2.75, 3.05) is 13.2 Å². The van der Waals surface area contributed by atoms with Crippen LogP contribution in [0.5, 0.6) is 0 Å². The monoisotopic (exact) mass is 785 g/mol. The molecular weight excluding hydrogens is 709 g/mol. The Balaban J connectivity index is 4.64. The van der Waals surface area contributed by atoms with E-state index < -0.39 is 18.0 Å². The Morgan fingerprint density at radius 3 is 1.44 bits per heavy atom. The molecule has 57 heavy (non-hydrogen) atoms. The van der Waals surface area contributed by atoms with Crippen LogP contribution < -0.4 is 0 Å². The van der Waals surface area contributed by atoms with Crippen molar-refractivity contribution in [3.05, 3.63) is 134 Å². The van der Waals surface area contributed by atoms with Gasteiger partial charge in [-0.25, -0.2) is 0 Å². The minimum Gasteiger partial charge on any atom is -0.462 e. The molecule has 316 valence electrons. The largest absolute Gasteiger partial charge is 0.462 e. The van der Waals surface area contributed by atoms with Crippen LogP contribution >= 0.6 is 0 Å². The molecule has 0 aromatic heterocycles. The summed E-state index contributed by atoms with van der Waals surface area (Å²) in [5, 5.41) is 0. The van der Waals surface area contributed by atoms with Crippen molar-refractivity contribution in [1.29, 1.82) is 0 Å². The first kappa shape index (κ1) is 52.6. The lowest BCUT2D eigenvalue weighted by molar-refractivity contribution is -0.166. The molecule has 0 heterocycles. The van der Waals surface area contributed by atoms with Crippen molar-refractivity contribution >= 4 is 17.9 Å². The van der Waals surface area contributed by atoms with Gasteiger partial charge in [-0.15, -0.1) is 0 Å². The van der Waals surface area contributed by atoms with Gasteiger partial charge in [0.2, 0.25) is 0 Å². The van der Waals surface area contributed by atoms with Crippen molar-refractivity contribution in [2.24, 2.45) is 0 Å². The normalized spacial score (nSPS) is 13.4. The van der Waals surface area contributed by atoms with Gasteiger partial charge >= 0.3 is 17.9 Å². The van der Waals surface area contributed by atoms with Gasteiger partial charge < -0.3 is 14.2 Å². The van der Waals surface area contributed by atoms with Crippen LogP contribution in [-0.4, -0.2) is 37.2 Å². The molecule has 0 N–H and O–H groups in total. The fourth-order valence-electron chi connectivity index (χ4n) is 5.08. The van der Waals surface area contributed by atoms with Crippen LogP contribution in [0.15, 0.2) is 134 Å². The maximum Gasteiger partial charge on any atom is 0.309 e. The van der Waals surface area contributed by atoms with Crippen molar-refractivity contribution in [3.8, 4) is 0 Å². The molecule has 0 bridgehead atoms. The zero-order valence-corrected chi connectivity index (χ0v) is 35.8. The van der Waals surface area contributed by atoms with Crippen molar-refractivity contribution in [1.82, 2.24) is 0 Å². The number of carbonyl (C=O) groups excluding carboxylic acids is 3. The summed E-state index contributed by atoms with van der Waals surface area (Å²) in [7, 11) is 0. The SMILES string of the molecule is CC\C=C/C=C\C=C/C=C\C=C/CCCC(=O)OC(COC(=O)C/C=C\C/C=C\C/C=C\CC)COC(=O)CCC/C=C\C/C=C\C/C=C\CCCCCCCC. The third kappa shape index (κ3) is 42.5. The van der Waals surface area contributed by atoms with E-state index in [1.54, 1.807) is 6.08 Å². The lowest BCUT2D eigenvalue weighted by Gasteiger charge is -2.18. The highest BCUT2D eigenvalue weighted by molar-refractivity contribution is 5.72. The van der Waals surface area contributed by atoms with Gasteiger partial charge in [0, 0.05) is 12.8 Å². The van der Waals surface area contributed by atoms with Gasteiger partial charge in [-0.3, -0.25) is 14.4 Å². The quantitative estimate of drug-likeness (QED) is 0.0207. The van der Waals surface area contributed by atoms with E-state index in [4.69, 9.17) is 14.2 Å². The molecule has 6 heteroatoms. The van der Waals surface area contributed by atoms with Crippen LogP contribution in [0.25, 0.3) is 0 Å². The molecule has 0 aliphatic heterocycles. The Hall–Kier alpha value is -4.45. The highest BCUT2D eigenvalue weighted by Crippen LogP contribution is 2.09. The third-order valence-electron chi connectivity index (χ3n) is 8.28. The number of hydrogen-bond donors (Lipinski definition) is 0. The molecule has 0 saturated carbocycles. The second kappa shape index (κ2) is 44.3. The molecule has 0 aliphatic rings. The number of rotatable bonds is 36. The number of allylic oxidation sites excluding steroid dienone is 21. The Morgan fingerprint density at radius 1 is 0.404 bits per heavy atom. The third-order valence-corrected chi connectivity index (χ3v) is 8.28.